The minimum atomic E-state index is -3.17. The number of rotatable bonds is 5. The van der Waals surface area contributed by atoms with E-state index in [9.17, 15) is 8.42 Å². The summed E-state index contributed by atoms with van der Waals surface area (Å²) in [5, 5.41) is 4.77. The monoisotopic (exact) mass is 275 g/mol. The van der Waals surface area contributed by atoms with Crippen molar-refractivity contribution in [2.45, 2.75) is 24.5 Å². The number of aromatic nitrogens is 1. The molecule has 0 spiro atoms. The fourth-order valence-corrected chi connectivity index (χ4v) is 3.91. The molecule has 2 heterocycles. The van der Waals surface area contributed by atoms with Crippen LogP contribution in [-0.2, 0) is 16.4 Å². The van der Waals surface area contributed by atoms with Crippen molar-refractivity contribution < 1.29 is 8.42 Å². The Morgan fingerprint density at radius 3 is 3.12 bits per heavy atom. The van der Waals surface area contributed by atoms with E-state index < -0.39 is 10.0 Å². The molecule has 2 rings (SSSR count). The Hall–Kier alpha value is -0.500. The van der Waals surface area contributed by atoms with Crippen molar-refractivity contribution in [1.82, 2.24) is 15.0 Å². The fraction of sp³-hybridized carbons (Fsp3) is 0.700. The first kappa shape index (κ1) is 12.9. The van der Waals surface area contributed by atoms with E-state index in [1.165, 1.54) is 11.3 Å². The maximum atomic E-state index is 11.9. The predicted molar refractivity (Wildman–Crippen MR) is 68.6 cm³/mol. The molecule has 5 nitrogen and oxygen atoms in total. The molecular formula is C10H17N3O2S2. The zero-order chi connectivity index (χ0) is 12.1. The number of nitrogens with zero attached hydrogens (tertiary/aromatic N) is 1. The van der Waals surface area contributed by atoms with Crippen LogP contribution in [0.1, 0.15) is 18.5 Å². The van der Waals surface area contributed by atoms with Crippen LogP contribution in [0, 0.1) is 0 Å². The number of hydrogen-bond donors (Lipinski definition) is 2. The summed E-state index contributed by atoms with van der Waals surface area (Å²) < 4.78 is 26.6. The Morgan fingerprint density at radius 1 is 1.59 bits per heavy atom. The second kappa shape index (κ2) is 5.90. The number of piperidine rings is 1. The van der Waals surface area contributed by atoms with Crippen molar-refractivity contribution in [3.8, 4) is 0 Å². The molecule has 2 N–H and O–H groups in total. The van der Waals surface area contributed by atoms with Crippen molar-refractivity contribution in [1.29, 1.82) is 0 Å². The van der Waals surface area contributed by atoms with Gasteiger partial charge in [0.15, 0.2) is 0 Å². The van der Waals surface area contributed by atoms with Gasteiger partial charge >= 0.3 is 0 Å². The van der Waals surface area contributed by atoms with Gasteiger partial charge in [0.1, 0.15) is 0 Å². The highest BCUT2D eigenvalue weighted by atomic mass is 32.2. The highest BCUT2D eigenvalue weighted by Gasteiger charge is 2.26. The Kier molecular flexibility index (Phi) is 4.49. The summed E-state index contributed by atoms with van der Waals surface area (Å²) in [6.45, 7) is 1.92. The highest BCUT2D eigenvalue weighted by Crippen LogP contribution is 2.10. The van der Waals surface area contributed by atoms with Gasteiger partial charge in [-0.1, -0.05) is 0 Å². The molecule has 1 fully saturated rings. The molecule has 7 heteroatoms. The average Bonchev–Trinajstić information content (AvgIpc) is 2.83. The normalized spacial score (nSPS) is 21.5. The van der Waals surface area contributed by atoms with Crippen molar-refractivity contribution in [2.24, 2.45) is 0 Å². The Labute approximate surface area is 106 Å². The molecule has 0 amide bonds. The molecule has 0 saturated carbocycles. The van der Waals surface area contributed by atoms with Crippen molar-refractivity contribution >= 4 is 21.4 Å². The van der Waals surface area contributed by atoms with E-state index in [0.717, 1.165) is 25.1 Å². The topological polar surface area (TPSA) is 71.1 Å². The summed E-state index contributed by atoms with van der Waals surface area (Å²) >= 11 is 1.53. The van der Waals surface area contributed by atoms with Gasteiger partial charge < -0.3 is 5.32 Å². The summed E-state index contributed by atoms with van der Waals surface area (Å²) in [6, 6.07) is 0. The van der Waals surface area contributed by atoms with Crippen LogP contribution >= 0.6 is 11.3 Å². The number of sulfonamides is 1. The van der Waals surface area contributed by atoms with E-state index in [1.54, 1.807) is 5.51 Å². The van der Waals surface area contributed by atoms with Crippen molar-refractivity contribution in [2.75, 3.05) is 19.6 Å². The summed E-state index contributed by atoms with van der Waals surface area (Å²) in [5.74, 6) is 0. The molecule has 1 saturated heterocycles. The number of nitrogens with one attached hydrogen (secondary N) is 2. The lowest BCUT2D eigenvalue weighted by atomic mass is 10.2. The standard InChI is InChI=1S/C10H17N3O2S2/c14-17(15,10-2-1-4-11-6-10)13-5-3-9-7-16-8-12-9/h7-8,10-11,13H,1-6H2. The Morgan fingerprint density at radius 2 is 2.47 bits per heavy atom. The summed E-state index contributed by atoms with van der Waals surface area (Å²) in [6.07, 6.45) is 2.33. The highest BCUT2D eigenvalue weighted by molar-refractivity contribution is 7.90. The van der Waals surface area contributed by atoms with Crippen LogP contribution in [0.2, 0.25) is 0 Å². The van der Waals surface area contributed by atoms with Crippen LogP contribution in [0.15, 0.2) is 10.9 Å². The van der Waals surface area contributed by atoms with Gasteiger partial charge in [0.05, 0.1) is 16.5 Å². The van der Waals surface area contributed by atoms with E-state index in [1.807, 2.05) is 5.38 Å². The van der Waals surface area contributed by atoms with Crippen LogP contribution in [-0.4, -0.2) is 38.3 Å². The third kappa shape index (κ3) is 3.74. The number of hydrogen-bond acceptors (Lipinski definition) is 5. The van der Waals surface area contributed by atoms with E-state index in [-0.39, 0.29) is 5.25 Å². The maximum absolute atomic E-state index is 11.9. The summed E-state index contributed by atoms with van der Waals surface area (Å²) in [4.78, 5) is 4.12. The molecule has 0 radical (unpaired) electrons. The van der Waals surface area contributed by atoms with Crippen LogP contribution in [0.3, 0.4) is 0 Å². The van der Waals surface area contributed by atoms with Gasteiger partial charge in [0, 0.05) is 24.9 Å². The minimum Gasteiger partial charge on any atom is -0.315 e. The lowest BCUT2D eigenvalue weighted by molar-refractivity contribution is 0.490. The molecule has 96 valence electrons. The van der Waals surface area contributed by atoms with Crippen LogP contribution in [0.4, 0.5) is 0 Å². The molecule has 17 heavy (non-hydrogen) atoms. The first-order chi connectivity index (χ1) is 8.18. The second-order valence-corrected chi connectivity index (χ2v) is 6.90. The average molecular weight is 275 g/mol. The van der Waals surface area contributed by atoms with Gasteiger partial charge in [0.25, 0.3) is 0 Å². The van der Waals surface area contributed by atoms with E-state index in [2.05, 4.69) is 15.0 Å². The Bertz CT molecular complexity index is 424. The largest absolute Gasteiger partial charge is 0.315 e. The smallest absolute Gasteiger partial charge is 0.215 e. The maximum Gasteiger partial charge on any atom is 0.215 e. The fourth-order valence-electron chi connectivity index (χ4n) is 1.88. The molecule has 1 atom stereocenters. The predicted octanol–water partition coefficient (Wildman–Crippen LogP) is 0.357. The van der Waals surface area contributed by atoms with Crippen LogP contribution < -0.4 is 10.0 Å². The summed E-state index contributed by atoms with van der Waals surface area (Å²) in [7, 11) is -3.17. The lowest BCUT2D eigenvalue weighted by Crippen LogP contribution is -2.44. The van der Waals surface area contributed by atoms with Gasteiger partial charge in [-0.15, -0.1) is 11.3 Å². The lowest BCUT2D eigenvalue weighted by Gasteiger charge is -2.22. The molecule has 1 aliphatic heterocycles. The van der Waals surface area contributed by atoms with Gasteiger partial charge in [-0.05, 0) is 19.4 Å². The molecular weight excluding hydrogens is 258 g/mol. The summed E-state index contributed by atoms with van der Waals surface area (Å²) in [5.41, 5.74) is 2.70. The molecule has 1 aliphatic rings. The van der Waals surface area contributed by atoms with Crippen LogP contribution in [0.25, 0.3) is 0 Å². The second-order valence-electron chi connectivity index (χ2n) is 4.14. The third-order valence-electron chi connectivity index (χ3n) is 2.86. The molecule has 1 aromatic rings. The zero-order valence-electron chi connectivity index (χ0n) is 9.55. The molecule has 0 bridgehead atoms. The van der Waals surface area contributed by atoms with E-state index >= 15 is 0 Å². The first-order valence-electron chi connectivity index (χ1n) is 5.75. The van der Waals surface area contributed by atoms with Gasteiger partial charge in [0.2, 0.25) is 10.0 Å². The molecule has 0 aliphatic carbocycles. The SMILES string of the molecule is O=S(=O)(NCCc1cscn1)C1CCCNC1. The zero-order valence-corrected chi connectivity index (χ0v) is 11.2. The number of thiazole rings is 1. The van der Waals surface area contributed by atoms with E-state index in [4.69, 9.17) is 0 Å². The van der Waals surface area contributed by atoms with Crippen molar-refractivity contribution in [3.05, 3.63) is 16.6 Å². The van der Waals surface area contributed by atoms with E-state index in [0.29, 0.717) is 19.5 Å². The third-order valence-corrected chi connectivity index (χ3v) is 5.38. The van der Waals surface area contributed by atoms with Crippen molar-refractivity contribution in [3.63, 3.8) is 0 Å². The molecule has 0 aromatic carbocycles. The molecule has 1 unspecified atom stereocenters. The Balaban J connectivity index is 1.80. The minimum absolute atomic E-state index is 0.285. The molecule has 1 aromatic heterocycles. The first-order valence-corrected chi connectivity index (χ1v) is 8.23. The van der Waals surface area contributed by atoms with Crippen LogP contribution in [0.5, 0.6) is 0 Å². The quantitative estimate of drug-likeness (QED) is 0.814. The van der Waals surface area contributed by atoms with Gasteiger partial charge in [-0.25, -0.2) is 18.1 Å². The van der Waals surface area contributed by atoms with Gasteiger partial charge in [-0.2, -0.15) is 0 Å². The van der Waals surface area contributed by atoms with Gasteiger partial charge in [-0.3, -0.25) is 0 Å².